The molecule has 1 aromatic heterocycles. The highest BCUT2D eigenvalue weighted by molar-refractivity contribution is 5.60. The van der Waals surface area contributed by atoms with Crippen LogP contribution in [0.5, 0.6) is 0 Å². The van der Waals surface area contributed by atoms with E-state index in [1.807, 2.05) is 18.2 Å². The van der Waals surface area contributed by atoms with Gasteiger partial charge < -0.3 is 5.32 Å². The van der Waals surface area contributed by atoms with E-state index in [2.05, 4.69) is 53.6 Å². The van der Waals surface area contributed by atoms with Gasteiger partial charge in [0.05, 0.1) is 0 Å². The molecule has 0 saturated heterocycles. The minimum absolute atomic E-state index is 0.514. The van der Waals surface area contributed by atoms with Crippen molar-refractivity contribution in [1.82, 2.24) is 20.7 Å². The van der Waals surface area contributed by atoms with Gasteiger partial charge in [-0.25, -0.2) is 0 Å². The molecule has 1 unspecified atom stereocenters. The fourth-order valence-electron chi connectivity index (χ4n) is 2.28. The lowest BCUT2D eigenvalue weighted by Gasteiger charge is -2.20. The van der Waals surface area contributed by atoms with Crippen LogP contribution in [0.25, 0.3) is 11.3 Å². The summed E-state index contributed by atoms with van der Waals surface area (Å²) in [4.78, 5) is 0. The zero-order valence-corrected chi connectivity index (χ0v) is 11.9. The standard InChI is InChI=1S/C15H22N4/c1-4-13(11(2)3)16-10-14-15(18-19-17-14)12-8-6-5-7-9-12/h5-9,11,13,16H,4,10H2,1-3H3,(H,17,18,19). The summed E-state index contributed by atoms with van der Waals surface area (Å²) >= 11 is 0. The molecule has 0 aliphatic carbocycles. The number of aromatic amines is 1. The number of hydrogen-bond acceptors (Lipinski definition) is 3. The van der Waals surface area contributed by atoms with Crippen LogP contribution in [0.4, 0.5) is 0 Å². The van der Waals surface area contributed by atoms with Gasteiger partial charge in [-0.1, -0.05) is 51.1 Å². The van der Waals surface area contributed by atoms with Gasteiger partial charge in [0, 0.05) is 18.2 Å². The number of aromatic nitrogens is 3. The molecule has 0 aliphatic rings. The van der Waals surface area contributed by atoms with E-state index in [4.69, 9.17) is 0 Å². The van der Waals surface area contributed by atoms with Crippen LogP contribution in [0, 0.1) is 5.92 Å². The smallest absolute Gasteiger partial charge is 0.117 e. The van der Waals surface area contributed by atoms with Crippen LogP contribution < -0.4 is 5.32 Å². The summed E-state index contributed by atoms with van der Waals surface area (Å²) in [6.45, 7) is 7.43. The Bertz CT molecular complexity index is 490. The molecule has 0 aliphatic heterocycles. The summed E-state index contributed by atoms with van der Waals surface area (Å²) in [6.07, 6.45) is 1.12. The monoisotopic (exact) mass is 258 g/mol. The predicted molar refractivity (Wildman–Crippen MR) is 77.6 cm³/mol. The summed E-state index contributed by atoms with van der Waals surface area (Å²) in [7, 11) is 0. The predicted octanol–water partition coefficient (Wildman–Crippen LogP) is 3.00. The van der Waals surface area contributed by atoms with Crippen LogP contribution in [0.15, 0.2) is 30.3 Å². The van der Waals surface area contributed by atoms with E-state index in [1.54, 1.807) is 0 Å². The maximum absolute atomic E-state index is 4.26. The van der Waals surface area contributed by atoms with E-state index in [9.17, 15) is 0 Å². The van der Waals surface area contributed by atoms with Crippen molar-refractivity contribution in [3.05, 3.63) is 36.0 Å². The minimum Gasteiger partial charge on any atom is -0.308 e. The van der Waals surface area contributed by atoms with Gasteiger partial charge in [0.2, 0.25) is 0 Å². The number of rotatable bonds is 6. The molecule has 1 aromatic carbocycles. The molecule has 4 heteroatoms. The quantitative estimate of drug-likeness (QED) is 0.837. The molecule has 1 atom stereocenters. The third kappa shape index (κ3) is 3.41. The average Bonchev–Trinajstić information content (AvgIpc) is 2.88. The molecular formula is C15H22N4. The summed E-state index contributed by atoms with van der Waals surface area (Å²) in [5, 5.41) is 14.8. The SMILES string of the molecule is CCC(NCc1n[nH]nc1-c1ccccc1)C(C)C. The van der Waals surface area contributed by atoms with E-state index in [0.717, 1.165) is 29.9 Å². The van der Waals surface area contributed by atoms with Crippen LogP contribution in [0.1, 0.15) is 32.9 Å². The second-order valence-corrected chi connectivity index (χ2v) is 5.12. The normalized spacial score (nSPS) is 12.8. The van der Waals surface area contributed by atoms with Crippen LogP contribution >= 0.6 is 0 Å². The Labute approximate surface area is 114 Å². The van der Waals surface area contributed by atoms with Gasteiger partial charge in [0.15, 0.2) is 0 Å². The fourth-order valence-corrected chi connectivity index (χ4v) is 2.28. The Hall–Kier alpha value is -1.68. The number of H-pyrrole nitrogens is 1. The summed E-state index contributed by atoms with van der Waals surface area (Å²) in [6, 6.07) is 10.7. The summed E-state index contributed by atoms with van der Waals surface area (Å²) in [5.74, 6) is 0.622. The number of nitrogens with zero attached hydrogens (tertiary/aromatic N) is 2. The van der Waals surface area contributed by atoms with Crippen LogP contribution in [-0.4, -0.2) is 21.5 Å². The molecule has 0 spiro atoms. The average molecular weight is 258 g/mol. The summed E-state index contributed by atoms with van der Waals surface area (Å²) in [5.41, 5.74) is 3.02. The molecule has 4 nitrogen and oxygen atoms in total. The highest BCUT2D eigenvalue weighted by atomic mass is 15.3. The molecule has 2 N–H and O–H groups in total. The van der Waals surface area contributed by atoms with Crippen molar-refractivity contribution in [1.29, 1.82) is 0 Å². The third-order valence-corrected chi connectivity index (χ3v) is 3.44. The first kappa shape index (κ1) is 13.7. The molecule has 0 amide bonds. The van der Waals surface area contributed by atoms with Gasteiger partial charge in [-0.3, -0.25) is 0 Å². The first-order valence-electron chi connectivity index (χ1n) is 6.90. The maximum Gasteiger partial charge on any atom is 0.117 e. The Balaban J connectivity index is 2.08. The van der Waals surface area contributed by atoms with Gasteiger partial charge in [-0.15, -0.1) is 0 Å². The first-order valence-corrected chi connectivity index (χ1v) is 6.90. The van der Waals surface area contributed by atoms with Gasteiger partial charge in [0.25, 0.3) is 0 Å². The van der Waals surface area contributed by atoms with Crippen molar-refractivity contribution in [3.63, 3.8) is 0 Å². The third-order valence-electron chi connectivity index (χ3n) is 3.44. The van der Waals surface area contributed by atoms with E-state index in [-0.39, 0.29) is 0 Å². The van der Waals surface area contributed by atoms with Gasteiger partial charge in [-0.2, -0.15) is 15.4 Å². The first-order chi connectivity index (χ1) is 9.22. The minimum atomic E-state index is 0.514. The molecule has 1 heterocycles. The highest BCUT2D eigenvalue weighted by Crippen LogP contribution is 2.19. The summed E-state index contributed by atoms with van der Waals surface area (Å²) < 4.78 is 0. The molecular weight excluding hydrogens is 236 g/mol. The van der Waals surface area contributed by atoms with Crippen molar-refractivity contribution in [2.24, 2.45) is 5.92 Å². The van der Waals surface area contributed by atoms with Crippen LogP contribution in [0.3, 0.4) is 0 Å². The lowest BCUT2D eigenvalue weighted by molar-refractivity contribution is 0.386. The van der Waals surface area contributed by atoms with E-state index in [0.29, 0.717) is 12.0 Å². The largest absolute Gasteiger partial charge is 0.308 e. The van der Waals surface area contributed by atoms with Crippen LogP contribution in [-0.2, 0) is 6.54 Å². The zero-order chi connectivity index (χ0) is 13.7. The van der Waals surface area contributed by atoms with Crippen molar-refractivity contribution in [2.75, 3.05) is 0 Å². The zero-order valence-electron chi connectivity index (χ0n) is 11.9. The second kappa shape index (κ2) is 6.48. The van der Waals surface area contributed by atoms with E-state index in [1.165, 1.54) is 0 Å². The molecule has 0 fully saturated rings. The number of nitrogens with one attached hydrogen (secondary N) is 2. The Morgan fingerprint density at radius 3 is 2.53 bits per heavy atom. The number of hydrogen-bond donors (Lipinski definition) is 2. The maximum atomic E-state index is 4.26. The van der Waals surface area contributed by atoms with Gasteiger partial charge >= 0.3 is 0 Å². The number of benzene rings is 1. The van der Waals surface area contributed by atoms with E-state index >= 15 is 0 Å². The van der Waals surface area contributed by atoms with Crippen molar-refractivity contribution < 1.29 is 0 Å². The molecule has 0 bridgehead atoms. The Morgan fingerprint density at radius 2 is 1.89 bits per heavy atom. The lowest BCUT2D eigenvalue weighted by Crippen LogP contribution is -2.32. The molecule has 0 saturated carbocycles. The van der Waals surface area contributed by atoms with Crippen LogP contribution in [0.2, 0.25) is 0 Å². The van der Waals surface area contributed by atoms with E-state index < -0.39 is 0 Å². The second-order valence-electron chi connectivity index (χ2n) is 5.12. The topological polar surface area (TPSA) is 53.6 Å². The molecule has 102 valence electrons. The van der Waals surface area contributed by atoms with Gasteiger partial charge in [-0.05, 0) is 12.3 Å². The molecule has 2 aromatic rings. The lowest BCUT2D eigenvalue weighted by atomic mass is 10.0. The highest BCUT2D eigenvalue weighted by Gasteiger charge is 2.14. The van der Waals surface area contributed by atoms with Crippen molar-refractivity contribution in [3.8, 4) is 11.3 Å². The molecule has 2 rings (SSSR count). The Morgan fingerprint density at radius 1 is 1.16 bits per heavy atom. The Kier molecular flexibility index (Phi) is 4.68. The van der Waals surface area contributed by atoms with Crippen molar-refractivity contribution in [2.45, 2.75) is 39.8 Å². The van der Waals surface area contributed by atoms with Gasteiger partial charge in [0.1, 0.15) is 11.4 Å². The molecule has 0 radical (unpaired) electrons. The fraction of sp³-hybridized carbons (Fsp3) is 0.467. The van der Waals surface area contributed by atoms with Crippen molar-refractivity contribution >= 4 is 0 Å². The molecule has 19 heavy (non-hydrogen) atoms.